The molecule has 3 aliphatic rings. The summed E-state index contributed by atoms with van der Waals surface area (Å²) in [5, 5.41) is 21.7. The Morgan fingerprint density at radius 2 is 2.11 bits per heavy atom. The molecule has 1 saturated carbocycles. The van der Waals surface area contributed by atoms with E-state index < -0.39 is 11.2 Å². The van der Waals surface area contributed by atoms with Gasteiger partial charge in [-0.2, -0.15) is 0 Å². The third-order valence-corrected chi connectivity index (χ3v) is 5.65. The molecule has 1 aliphatic heterocycles. The SMILES string of the molecule is CC1=CC[C@]2(O)[C@H]1[C@H]1OC(=O)[C@@H](C)[C@@H]1CC[C@]2(C)O. The summed E-state index contributed by atoms with van der Waals surface area (Å²) in [7, 11) is 0. The van der Waals surface area contributed by atoms with E-state index in [0.29, 0.717) is 12.8 Å². The first kappa shape index (κ1) is 13.1. The van der Waals surface area contributed by atoms with Gasteiger partial charge >= 0.3 is 5.97 Å². The lowest BCUT2D eigenvalue weighted by Crippen LogP contribution is -2.56. The van der Waals surface area contributed by atoms with E-state index in [0.717, 1.165) is 12.0 Å². The average molecular weight is 266 g/mol. The van der Waals surface area contributed by atoms with Crippen molar-refractivity contribution >= 4 is 5.97 Å². The first-order valence-corrected chi connectivity index (χ1v) is 7.10. The van der Waals surface area contributed by atoms with Gasteiger partial charge in [0.25, 0.3) is 0 Å². The van der Waals surface area contributed by atoms with Gasteiger partial charge in [0, 0.05) is 11.8 Å². The van der Waals surface area contributed by atoms with E-state index in [1.807, 2.05) is 19.9 Å². The maximum Gasteiger partial charge on any atom is 0.309 e. The first-order valence-electron chi connectivity index (χ1n) is 7.10. The lowest BCUT2D eigenvalue weighted by molar-refractivity contribution is -0.176. The molecule has 0 aromatic heterocycles. The average Bonchev–Trinajstić information content (AvgIpc) is 2.75. The van der Waals surface area contributed by atoms with Crippen molar-refractivity contribution in [1.82, 2.24) is 0 Å². The van der Waals surface area contributed by atoms with Crippen molar-refractivity contribution < 1.29 is 19.7 Å². The van der Waals surface area contributed by atoms with Crippen molar-refractivity contribution in [3.63, 3.8) is 0 Å². The molecule has 3 rings (SSSR count). The van der Waals surface area contributed by atoms with Crippen LogP contribution in [-0.4, -0.2) is 33.5 Å². The van der Waals surface area contributed by atoms with Crippen LogP contribution in [-0.2, 0) is 9.53 Å². The highest BCUT2D eigenvalue weighted by Crippen LogP contribution is 2.54. The quantitative estimate of drug-likeness (QED) is 0.514. The molecule has 2 fully saturated rings. The fourth-order valence-electron chi connectivity index (χ4n) is 4.21. The van der Waals surface area contributed by atoms with Gasteiger partial charge in [0.05, 0.1) is 11.5 Å². The lowest BCUT2D eigenvalue weighted by atomic mass is 9.72. The highest BCUT2D eigenvalue weighted by molar-refractivity contribution is 5.75. The minimum absolute atomic E-state index is 0.0967. The third-order valence-electron chi connectivity index (χ3n) is 5.65. The van der Waals surface area contributed by atoms with Gasteiger partial charge in [0.15, 0.2) is 0 Å². The molecule has 106 valence electrons. The Balaban J connectivity index is 2.06. The van der Waals surface area contributed by atoms with Crippen molar-refractivity contribution in [1.29, 1.82) is 0 Å². The zero-order valence-corrected chi connectivity index (χ0v) is 11.7. The zero-order valence-electron chi connectivity index (χ0n) is 11.7. The van der Waals surface area contributed by atoms with Crippen LogP contribution in [0.1, 0.15) is 40.0 Å². The molecule has 0 aromatic carbocycles. The monoisotopic (exact) mass is 266 g/mol. The second-order valence-corrected chi connectivity index (χ2v) is 6.72. The lowest BCUT2D eigenvalue weighted by Gasteiger charge is -2.43. The smallest absolute Gasteiger partial charge is 0.309 e. The Morgan fingerprint density at radius 3 is 2.79 bits per heavy atom. The van der Waals surface area contributed by atoms with Crippen LogP contribution < -0.4 is 0 Å². The predicted octanol–water partition coefficient (Wildman–Crippen LogP) is 1.41. The fourth-order valence-corrected chi connectivity index (χ4v) is 4.21. The summed E-state index contributed by atoms with van der Waals surface area (Å²) in [5.74, 6) is -0.488. The molecule has 0 spiro atoms. The Morgan fingerprint density at radius 1 is 1.42 bits per heavy atom. The molecule has 1 saturated heterocycles. The largest absolute Gasteiger partial charge is 0.461 e. The normalized spacial score (nSPS) is 53.1. The van der Waals surface area contributed by atoms with Gasteiger partial charge in [-0.15, -0.1) is 0 Å². The second kappa shape index (κ2) is 3.83. The fraction of sp³-hybridized carbons (Fsp3) is 0.800. The first-order chi connectivity index (χ1) is 8.78. The van der Waals surface area contributed by atoms with Gasteiger partial charge in [-0.1, -0.05) is 18.6 Å². The minimum Gasteiger partial charge on any atom is -0.461 e. The van der Waals surface area contributed by atoms with Crippen molar-refractivity contribution in [3.8, 4) is 0 Å². The Bertz CT molecular complexity index is 453. The number of fused-ring (bicyclic) bond motifs is 3. The molecule has 2 aliphatic carbocycles. The number of rotatable bonds is 0. The summed E-state index contributed by atoms with van der Waals surface area (Å²) < 4.78 is 5.55. The molecule has 4 heteroatoms. The number of hydrogen-bond acceptors (Lipinski definition) is 4. The number of carbonyl (C=O) groups excluding carboxylic acids is 1. The molecule has 4 nitrogen and oxygen atoms in total. The molecule has 0 bridgehead atoms. The molecule has 0 unspecified atom stereocenters. The Hall–Kier alpha value is -0.870. The van der Waals surface area contributed by atoms with Crippen LogP contribution in [0.2, 0.25) is 0 Å². The van der Waals surface area contributed by atoms with Gasteiger partial charge < -0.3 is 14.9 Å². The predicted molar refractivity (Wildman–Crippen MR) is 69.2 cm³/mol. The maximum absolute atomic E-state index is 11.8. The topological polar surface area (TPSA) is 66.8 Å². The van der Waals surface area contributed by atoms with Crippen LogP contribution in [0.3, 0.4) is 0 Å². The third kappa shape index (κ3) is 1.56. The van der Waals surface area contributed by atoms with E-state index in [1.165, 1.54) is 0 Å². The van der Waals surface area contributed by atoms with E-state index in [1.54, 1.807) is 6.92 Å². The van der Waals surface area contributed by atoms with Crippen LogP contribution in [0.25, 0.3) is 0 Å². The van der Waals surface area contributed by atoms with Crippen LogP contribution in [0, 0.1) is 17.8 Å². The van der Waals surface area contributed by atoms with Gasteiger partial charge in [-0.25, -0.2) is 0 Å². The molecule has 19 heavy (non-hydrogen) atoms. The highest BCUT2D eigenvalue weighted by atomic mass is 16.6. The molecular weight excluding hydrogens is 244 g/mol. The van der Waals surface area contributed by atoms with Gasteiger partial charge in [-0.3, -0.25) is 4.79 Å². The zero-order chi connectivity index (χ0) is 14.0. The summed E-state index contributed by atoms with van der Waals surface area (Å²) in [5.41, 5.74) is -1.31. The molecule has 0 radical (unpaired) electrons. The summed E-state index contributed by atoms with van der Waals surface area (Å²) in [6, 6.07) is 0. The standard InChI is InChI=1S/C15H22O4/c1-8-4-7-15(18)11(8)12-10(5-6-14(15,3)17)9(2)13(16)19-12/h4,9-12,17-18H,5-7H2,1-3H3/t9-,10-,11+,12-,14-,15-/m0/s1. The highest BCUT2D eigenvalue weighted by Gasteiger charge is 2.62. The van der Waals surface area contributed by atoms with Crippen molar-refractivity contribution in [3.05, 3.63) is 11.6 Å². The van der Waals surface area contributed by atoms with Gasteiger partial charge in [0.1, 0.15) is 11.7 Å². The van der Waals surface area contributed by atoms with Crippen LogP contribution >= 0.6 is 0 Å². The summed E-state index contributed by atoms with van der Waals surface area (Å²) >= 11 is 0. The van der Waals surface area contributed by atoms with E-state index in [4.69, 9.17) is 4.74 Å². The van der Waals surface area contributed by atoms with Gasteiger partial charge in [0.2, 0.25) is 0 Å². The summed E-state index contributed by atoms with van der Waals surface area (Å²) in [6.45, 7) is 5.55. The van der Waals surface area contributed by atoms with Crippen LogP contribution in [0.15, 0.2) is 11.6 Å². The van der Waals surface area contributed by atoms with Crippen molar-refractivity contribution in [2.75, 3.05) is 0 Å². The molecule has 2 N–H and O–H groups in total. The van der Waals surface area contributed by atoms with Crippen molar-refractivity contribution in [2.45, 2.75) is 57.3 Å². The van der Waals surface area contributed by atoms with Crippen LogP contribution in [0.5, 0.6) is 0 Å². The number of ether oxygens (including phenoxy) is 1. The molecule has 0 aromatic rings. The number of aliphatic hydroxyl groups is 2. The van der Waals surface area contributed by atoms with Crippen molar-refractivity contribution in [2.24, 2.45) is 17.8 Å². The van der Waals surface area contributed by atoms with Gasteiger partial charge in [-0.05, 0) is 33.1 Å². The number of hydrogen-bond donors (Lipinski definition) is 2. The van der Waals surface area contributed by atoms with E-state index in [2.05, 4.69) is 0 Å². The molecular formula is C15H22O4. The van der Waals surface area contributed by atoms with E-state index in [9.17, 15) is 15.0 Å². The summed E-state index contributed by atoms with van der Waals surface area (Å²) in [4.78, 5) is 11.8. The molecule has 6 atom stereocenters. The second-order valence-electron chi connectivity index (χ2n) is 6.72. The Labute approximate surface area is 113 Å². The maximum atomic E-state index is 11.8. The molecule has 0 amide bonds. The minimum atomic E-state index is -1.21. The van der Waals surface area contributed by atoms with E-state index in [-0.39, 0.29) is 29.8 Å². The number of carbonyl (C=O) groups is 1. The Kier molecular flexibility index (Phi) is 2.64. The van der Waals surface area contributed by atoms with E-state index >= 15 is 0 Å². The van der Waals surface area contributed by atoms with Crippen LogP contribution in [0.4, 0.5) is 0 Å². The molecule has 1 heterocycles. The number of esters is 1. The summed E-state index contributed by atoms with van der Waals surface area (Å²) in [6.07, 6.45) is 3.34.